The van der Waals surface area contributed by atoms with Crippen LogP contribution in [0.1, 0.15) is 0 Å². The van der Waals surface area contributed by atoms with Crippen LogP contribution in [0.25, 0.3) is 0 Å². The van der Waals surface area contributed by atoms with Crippen molar-refractivity contribution in [1.29, 1.82) is 0 Å². The second kappa shape index (κ2) is 5.56. The summed E-state index contributed by atoms with van der Waals surface area (Å²) in [4.78, 5) is 0. The number of benzene rings is 1. The number of rotatable bonds is 4. The molecule has 0 aliphatic carbocycles. The Morgan fingerprint density at radius 1 is 1.50 bits per heavy atom. The van der Waals surface area contributed by atoms with Gasteiger partial charge in [0.1, 0.15) is 0 Å². The van der Waals surface area contributed by atoms with Crippen molar-refractivity contribution < 1.29 is 10.2 Å². The molecule has 1 rings (SSSR count). The number of nitrogens with one attached hydrogen (secondary N) is 1. The van der Waals surface area contributed by atoms with Crippen LogP contribution in [-0.4, -0.2) is 29.5 Å². The van der Waals surface area contributed by atoms with Crippen LogP contribution in [0.2, 0.25) is 5.02 Å². The van der Waals surface area contributed by atoms with E-state index in [-0.39, 0.29) is 6.61 Å². The number of aliphatic hydroxyl groups excluding tert-OH is 2. The summed E-state index contributed by atoms with van der Waals surface area (Å²) in [5.41, 5.74) is 0.835. The van der Waals surface area contributed by atoms with Gasteiger partial charge in [0.25, 0.3) is 0 Å². The maximum Gasteiger partial charge on any atom is 0.0942 e. The van der Waals surface area contributed by atoms with E-state index in [0.29, 0.717) is 11.6 Å². The Bertz CT molecular complexity index is 309. The van der Waals surface area contributed by atoms with E-state index in [1.807, 2.05) is 0 Å². The van der Waals surface area contributed by atoms with Crippen molar-refractivity contribution in [3.63, 3.8) is 0 Å². The van der Waals surface area contributed by atoms with Gasteiger partial charge in [-0.2, -0.15) is 0 Å². The van der Waals surface area contributed by atoms with Gasteiger partial charge in [-0.1, -0.05) is 11.6 Å². The summed E-state index contributed by atoms with van der Waals surface area (Å²) < 4.78 is 0.829. The van der Waals surface area contributed by atoms with Crippen molar-refractivity contribution >= 4 is 33.2 Å². The maximum absolute atomic E-state index is 9.11. The third-order valence-corrected chi connectivity index (χ3v) is 2.56. The number of aliphatic hydroxyl groups is 2. The lowest BCUT2D eigenvalue weighted by Crippen LogP contribution is -2.23. The first-order valence-electron chi connectivity index (χ1n) is 4.11. The minimum atomic E-state index is -0.752. The summed E-state index contributed by atoms with van der Waals surface area (Å²) in [6.07, 6.45) is -0.752. The minimum absolute atomic E-state index is 0.252. The van der Waals surface area contributed by atoms with E-state index in [0.717, 1.165) is 10.2 Å². The van der Waals surface area contributed by atoms with Crippen molar-refractivity contribution in [1.82, 2.24) is 0 Å². The predicted molar refractivity (Wildman–Crippen MR) is 60.7 cm³/mol. The van der Waals surface area contributed by atoms with Crippen molar-refractivity contribution in [3.05, 3.63) is 27.7 Å². The molecule has 0 aliphatic heterocycles. The van der Waals surface area contributed by atoms with Crippen molar-refractivity contribution in [3.8, 4) is 0 Å². The van der Waals surface area contributed by atoms with E-state index < -0.39 is 6.10 Å². The van der Waals surface area contributed by atoms with Crippen LogP contribution >= 0.6 is 27.5 Å². The second-order valence-corrected chi connectivity index (χ2v) is 4.13. The van der Waals surface area contributed by atoms with Gasteiger partial charge in [-0.15, -0.1) is 0 Å². The fraction of sp³-hybridized carbons (Fsp3) is 0.333. The number of halogens is 2. The molecule has 3 N–H and O–H groups in total. The van der Waals surface area contributed by atoms with E-state index >= 15 is 0 Å². The minimum Gasteiger partial charge on any atom is -0.394 e. The SMILES string of the molecule is OCC(O)CNc1ccc(Cl)cc1Br. The average molecular weight is 281 g/mol. The van der Waals surface area contributed by atoms with Gasteiger partial charge in [-0.3, -0.25) is 0 Å². The van der Waals surface area contributed by atoms with Gasteiger partial charge in [-0.05, 0) is 34.1 Å². The van der Waals surface area contributed by atoms with Crippen LogP contribution in [0.15, 0.2) is 22.7 Å². The van der Waals surface area contributed by atoms with Gasteiger partial charge >= 0.3 is 0 Å². The van der Waals surface area contributed by atoms with E-state index in [1.54, 1.807) is 18.2 Å². The summed E-state index contributed by atoms with van der Waals surface area (Å²) in [7, 11) is 0. The second-order valence-electron chi connectivity index (χ2n) is 2.84. The number of anilines is 1. The van der Waals surface area contributed by atoms with Crippen LogP contribution in [-0.2, 0) is 0 Å². The molecule has 1 unspecified atom stereocenters. The lowest BCUT2D eigenvalue weighted by molar-refractivity contribution is 0.105. The Morgan fingerprint density at radius 2 is 2.21 bits per heavy atom. The van der Waals surface area contributed by atoms with Crippen molar-refractivity contribution in [2.45, 2.75) is 6.10 Å². The highest BCUT2D eigenvalue weighted by molar-refractivity contribution is 9.10. The standard InChI is InChI=1S/C9H11BrClNO2/c10-8-3-6(11)1-2-9(8)12-4-7(14)5-13/h1-3,7,12-14H,4-5H2. The van der Waals surface area contributed by atoms with Gasteiger partial charge in [0.15, 0.2) is 0 Å². The molecule has 0 saturated heterocycles. The molecule has 1 atom stereocenters. The van der Waals surface area contributed by atoms with Crippen LogP contribution in [0.3, 0.4) is 0 Å². The van der Waals surface area contributed by atoms with Gasteiger partial charge in [0.2, 0.25) is 0 Å². The van der Waals surface area contributed by atoms with Crippen LogP contribution in [0.4, 0.5) is 5.69 Å². The zero-order valence-electron chi connectivity index (χ0n) is 7.37. The van der Waals surface area contributed by atoms with Crippen LogP contribution in [0, 0.1) is 0 Å². The molecule has 0 bridgehead atoms. The molecular formula is C9H11BrClNO2. The number of hydrogen-bond donors (Lipinski definition) is 3. The monoisotopic (exact) mass is 279 g/mol. The lowest BCUT2D eigenvalue weighted by atomic mass is 10.3. The molecule has 5 heteroatoms. The molecule has 0 aliphatic rings. The first-order chi connectivity index (χ1) is 6.63. The summed E-state index contributed by atoms with van der Waals surface area (Å²) >= 11 is 9.09. The molecule has 0 spiro atoms. The maximum atomic E-state index is 9.11. The Labute approximate surface area is 95.8 Å². The Hall–Kier alpha value is -0.290. The Morgan fingerprint density at radius 3 is 2.79 bits per heavy atom. The number of hydrogen-bond acceptors (Lipinski definition) is 3. The molecule has 78 valence electrons. The fourth-order valence-electron chi connectivity index (χ4n) is 0.925. The molecule has 0 amide bonds. The van der Waals surface area contributed by atoms with Crippen molar-refractivity contribution in [2.75, 3.05) is 18.5 Å². The smallest absolute Gasteiger partial charge is 0.0942 e. The van der Waals surface area contributed by atoms with Gasteiger partial charge in [-0.25, -0.2) is 0 Å². The summed E-state index contributed by atoms with van der Waals surface area (Å²) in [5.74, 6) is 0. The highest BCUT2D eigenvalue weighted by Gasteiger charge is 2.03. The highest BCUT2D eigenvalue weighted by Crippen LogP contribution is 2.25. The van der Waals surface area contributed by atoms with Crippen LogP contribution in [0.5, 0.6) is 0 Å². The lowest BCUT2D eigenvalue weighted by Gasteiger charge is -2.11. The third kappa shape index (κ3) is 3.46. The van der Waals surface area contributed by atoms with E-state index in [1.165, 1.54) is 0 Å². The zero-order valence-corrected chi connectivity index (χ0v) is 9.72. The first-order valence-corrected chi connectivity index (χ1v) is 5.28. The Kier molecular flexibility index (Phi) is 4.68. The molecule has 0 saturated carbocycles. The van der Waals surface area contributed by atoms with Gasteiger partial charge < -0.3 is 15.5 Å². The fourth-order valence-corrected chi connectivity index (χ4v) is 1.75. The van der Waals surface area contributed by atoms with Crippen LogP contribution < -0.4 is 5.32 Å². The van der Waals surface area contributed by atoms with E-state index in [2.05, 4.69) is 21.2 Å². The van der Waals surface area contributed by atoms with Crippen molar-refractivity contribution in [2.24, 2.45) is 0 Å². The molecule has 0 fully saturated rings. The quantitative estimate of drug-likeness (QED) is 0.789. The van der Waals surface area contributed by atoms with Gasteiger partial charge in [0, 0.05) is 21.7 Å². The van der Waals surface area contributed by atoms with E-state index in [4.69, 9.17) is 21.8 Å². The molecule has 0 radical (unpaired) electrons. The zero-order chi connectivity index (χ0) is 10.6. The molecule has 0 aromatic heterocycles. The first kappa shape index (κ1) is 11.8. The summed E-state index contributed by atoms with van der Waals surface area (Å²) in [6, 6.07) is 5.31. The molecule has 1 aromatic rings. The molecule has 14 heavy (non-hydrogen) atoms. The van der Waals surface area contributed by atoms with E-state index in [9.17, 15) is 0 Å². The molecule has 3 nitrogen and oxygen atoms in total. The Balaban J connectivity index is 2.59. The largest absolute Gasteiger partial charge is 0.394 e. The molecular weight excluding hydrogens is 269 g/mol. The normalized spacial score (nSPS) is 12.6. The average Bonchev–Trinajstić information content (AvgIpc) is 2.16. The molecule has 1 aromatic carbocycles. The highest BCUT2D eigenvalue weighted by atomic mass is 79.9. The predicted octanol–water partition coefficient (Wildman–Crippen LogP) is 1.87. The third-order valence-electron chi connectivity index (χ3n) is 1.67. The topological polar surface area (TPSA) is 52.5 Å². The molecule has 0 heterocycles. The van der Waals surface area contributed by atoms with Gasteiger partial charge in [0.05, 0.1) is 12.7 Å². The summed E-state index contributed by atoms with van der Waals surface area (Å²) in [6.45, 7) is 0.0505. The summed E-state index contributed by atoms with van der Waals surface area (Å²) in [5, 5.41) is 21.3.